The third-order valence-corrected chi connectivity index (χ3v) is 7.09. The zero-order valence-electron chi connectivity index (χ0n) is 19.5. The first kappa shape index (κ1) is 26.7. The normalized spacial score (nSPS) is 23.7. The Morgan fingerprint density at radius 3 is 2.53 bits per heavy atom. The van der Waals surface area contributed by atoms with Crippen LogP contribution in [0.1, 0.15) is 96.8 Å². The maximum absolute atomic E-state index is 14.0. The molecule has 0 unspecified atom stereocenters. The topological polar surface area (TPSA) is 77.8 Å². The Kier molecular flexibility index (Phi) is 11.1. The number of carboxylic acids is 1. The van der Waals surface area contributed by atoms with Crippen LogP contribution in [0.4, 0.5) is 8.78 Å². The fraction of sp³-hybridized carbons (Fsp3) is 0.840. The van der Waals surface area contributed by atoms with E-state index in [9.17, 15) is 23.5 Å². The summed E-state index contributed by atoms with van der Waals surface area (Å²) in [6.07, 6.45) is 14.3. The molecule has 32 heavy (non-hydrogen) atoms. The molecule has 1 aliphatic heterocycles. The van der Waals surface area contributed by atoms with Gasteiger partial charge >= 0.3 is 11.9 Å². The molecule has 184 valence electrons. The molecular formula is C25H41F2NO4. The maximum Gasteiger partial charge on any atom is 0.327 e. The molecule has 0 spiro atoms. The fourth-order valence-corrected chi connectivity index (χ4v) is 4.98. The van der Waals surface area contributed by atoms with Gasteiger partial charge in [0.2, 0.25) is 0 Å². The van der Waals surface area contributed by atoms with Crippen LogP contribution in [0.15, 0.2) is 12.2 Å². The number of carboxylic acid groups (broad SMARTS) is 1. The van der Waals surface area contributed by atoms with Gasteiger partial charge in [-0.25, -0.2) is 0 Å². The van der Waals surface area contributed by atoms with Crippen LogP contribution >= 0.6 is 0 Å². The zero-order valence-corrected chi connectivity index (χ0v) is 19.5. The number of aliphatic hydroxyl groups is 1. The van der Waals surface area contributed by atoms with E-state index >= 15 is 0 Å². The highest BCUT2D eigenvalue weighted by molar-refractivity contribution is 5.86. The number of amides is 1. The van der Waals surface area contributed by atoms with Crippen LogP contribution < -0.4 is 0 Å². The highest BCUT2D eigenvalue weighted by Gasteiger charge is 2.52. The third-order valence-electron chi connectivity index (χ3n) is 7.09. The number of unbranched alkanes of at least 4 members (excludes halogenated alkanes) is 3. The Hall–Kier alpha value is -1.50. The molecule has 2 fully saturated rings. The molecule has 0 aromatic carbocycles. The van der Waals surface area contributed by atoms with E-state index in [1.807, 2.05) is 6.92 Å². The molecule has 0 aromatic heterocycles. The van der Waals surface area contributed by atoms with Crippen molar-refractivity contribution in [1.29, 1.82) is 0 Å². The molecular weight excluding hydrogens is 416 g/mol. The summed E-state index contributed by atoms with van der Waals surface area (Å²) in [5, 5.41) is 19.1. The second-order valence-corrected chi connectivity index (χ2v) is 9.82. The lowest BCUT2D eigenvalue weighted by Crippen LogP contribution is -2.36. The molecule has 1 saturated carbocycles. The summed E-state index contributed by atoms with van der Waals surface area (Å²) in [6, 6.07) is -0.708. The molecule has 2 N–H and O–H groups in total. The van der Waals surface area contributed by atoms with Crippen molar-refractivity contribution in [2.24, 2.45) is 11.8 Å². The SMILES string of the molecule is C[C@@H](CCCC1CCCCC1)[C@H](O)/C=C/[C@H]1CC(F)(F)C(=O)N1CCCCCCC(=O)O. The van der Waals surface area contributed by atoms with Gasteiger partial charge in [0, 0.05) is 19.4 Å². The van der Waals surface area contributed by atoms with E-state index in [0.717, 1.165) is 18.8 Å². The van der Waals surface area contributed by atoms with Crippen LogP contribution in [0, 0.1) is 11.8 Å². The summed E-state index contributed by atoms with van der Waals surface area (Å²) in [5.41, 5.74) is 0. The van der Waals surface area contributed by atoms with Gasteiger partial charge in [0.25, 0.3) is 5.91 Å². The zero-order chi connectivity index (χ0) is 23.6. The van der Waals surface area contributed by atoms with Crippen LogP contribution in [0.25, 0.3) is 0 Å². The van der Waals surface area contributed by atoms with Crippen LogP contribution in [-0.2, 0) is 9.59 Å². The van der Waals surface area contributed by atoms with Crippen molar-refractivity contribution in [2.75, 3.05) is 6.54 Å². The van der Waals surface area contributed by atoms with Gasteiger partial charge in [-0.3, -0.25) is 9.59 Å². The van der Waals surface area contributed by atoms with Crippen molar-refractivity contribution in [3.8, 4) is 0 Å². The smallest absolute Gasteiger partial charge is 0.327 e. The largest absolute Gasteiger partial charge is 0.481 e. The molecule has 7 heteroatoms. The van der Waals surface area contributed by atoms with Gasteiger partial charge in [0.15, 0.2) is 0 Å². The number of nitrogens with zero attached hydrogens (tertiary/aromatic N) is 1. The maximum atomic E-state index is 14.0. The molecule has 2 rings (SSSR count). The van der Waals surface area contributed by atoms with E-state index in [2.05, 4.69) is 0 Å². The first-order valence-electron chi connectivity index (χ1n) is 12.5. The van der Waals surface area contributed by atoms with E-state index in [-0.39, 0.29) is 18.9 Å². The Morgan fingerprint density at radius 1 is 1.16 bits per heavy atom. The van der Waals surface area contributed by atoms with E-state index in [1.165, 1.54) is 43.4 Å². The summed E-state index contributed by atoms with van der Waals surface area (Å²) >= 11 is 0. The highest BCUT2D eigenvalue weighted by atomic mass is 19.3. The van der Waals surface area contributed by atoms with E-state index in [1.54, 1.807) is 12.2 Å². The fourth-order valence-electron chi connectivity index (χ4n) is 4.98. The van der Waals surface area contributed by atoms with Crippen LogP contribution in [0.3, 0.4) is 0 Å². The minimum Gasteiger partial charge on any atom is -0.481 e. The number of aliphatic carboxylic acids is 1. The molecule has 5 nitrogen and oxygen atoms in total. The summed E-state index contributed by atoms with van der Waals surface area (Å²) in [7, 11) is 0. The first-order valence-corrected chi connectivity index (χ1v) is 12.5. The predicted octanol–water partition coefficient (Wildman–Crippen LogP) is 5.56. The number of carbonyl (C=O) groups excluding carboxylic acids is 1. The van der Waals surface area contributed by atoms with Gasteiger partial charge in [-0.15, -0.1) is 0 Å². The van der Waals surface area contributed by atoms with E-state index < -0.39 is 36.4 Å². The Morgan fingerprint density at radius 2 is 1.84 bits per heavy atom. The van der Waals surface area contributed by atoms with Gasteiger partial charge in [-0.05, 0) is 31.1 Å². The van der Waals surface area contributed by atoms with Crippen molar-refractivity contribution < 1.29 is 28.6 Å². The van der Waals surface area contributed by atoms with Crippen molar-refractivity contribution >= 4 is 11.9 Å². The number of aliphatic hydroxyl groups excluding tert-OH is 1. The monoisotopic (exact) mass is 457 g/mol. The van der Waals surface area contributed by atoms with Gasteiger partial charge in [-0.2, -0.15) is 8.78 Å². The predicted molar refractivity (Wildman–Crippen MR) is 121 cm³/mol. The molecule has 1 aliphatic carbocycles. The number of alkyl halides is 2. The Bertz CT molecular complexity index is 619. The second kappa shape index (κ2) is 13.3. The lowest BCUT2D eigenvalue weighted by atomic mass is 9.84. The second-order valence-electron chi connectivity index (χ2n) is 9.82. The lowest BCUT2D eigenvalue weighted by molar-refractivity contribution is -0.148. The number of halogens is 2. The quantitative estimate of drug-likeness (QED) is 0.264. The van der Waals surface area contributed by atoms with E-state index in [4.69, 9.17) is 5.11 Å². The molecule has 2 aliphatic rings. The first-order chi connectivity index (χ1) is 15.2. The van der Waals surface area contributed by atoms with Crippen molar-refractivity contribution in [1.82, 2.24) is 4.90 Å². The number of likely N-dealkylation sites (tertiary alicyclic amines) is 1. The number of rotatable bonds is 14. The molecule has 1 amide bonds. The molecule has 0 aromatic rings. The van der Waals surface area contributed by atoms with Gasteiger partial charge in [0.1, 0.15) is 0 Å². The minimum atomic E-state index is -3.37. The summed E-state index contributed by atoms with van der Waals surface area (Å²) in [5.74, 6) is -4.49. The van der Waals surface area contributed by atoms with Crippen LogP contribution in [-0.4, -0.2) is 51.6 Å². The Balaban J connectivity index is 1.77. The van der Waals surface area contributed by atoms with Crippen LogP contribution in [0.5, 0.6) is 0 Å². The summed E-state index contributed by atoms with van der Waals surface area (Å²) in [4.78, 5) is 23.9. The summed E-state index contributed by atoms with van der Waals surface area (Å²) < 4.78 is 28.1. The minimum absolute atomic E-state index is 0.0511. The van der Waals surface area contributed by atoms with Gasteiger partial charge < -0.3 is 15.1 Å². The molecule has 1 saturated heterocycles. The third kappa shape index (κ3) is 8.80. The lowest BCUT2D eigenvalue weighted by Gasteiger charge is -2.23. The van der Waals surface area contributed by atoms with Crippen molar-refractivity contribution in [2.45, 2.75) is 115 Å². The average Bonchev–Trinajstić information content (AvgIpc) is 2.97. The average molecular weight is 458 g/mol. The summed E-state index contributed by atoms with van der Waals surface area (Å²) in [6.45, 7) is 2.21. The van der Waals surface area contributed by atoms with Crippen LogP contribution in [0.2, 0.25) is 0 Å². The van der Waals surface area contributed by atoms with Gasteiger partial charge in [-0.1, -0.05) is 76.9 Å². The highest BCUT2D eigenvalue weighted by Crippen LogP contribution is 2.35. The number of hydrogen-bond acceptors (Lipinski definition) is 3. The van der Waals surface area contributed by atoms with E-state index in [0.29, 0.717) is 25.7 Å². The standard InChI is InChI=1S/C25H41F2NO4/c1-19(10-9-13-20-11-5-4-6-12-20)22(29)16-15-21-18-25(26,27)24(32)28(21)17-8-3-2-7-14-23(30)31/h15-16,19-22,29H,2-14,17-18H2,1H3,(H,30,31)/b16-15+/t19-,21-,22+/m0/s1. The molecule has 0 radical (unpaired) electrons. The molecule has 1 heterocycles. The number of carbonyl (C=O) groups is 2. The van der Waals surface area contributed by atoms with Crippen molar-refractivity contribution in [3.63, 3.8) is 0 Å². The van der Waals surface area contributed by atoms with Gasteiger partial charge in [0.05, 0.1) is 12.1 Å². The molecule has 3 atom stereocenters. The molecule has 0 bridgehead atoms. The Labute approximate surface area is 191 Å². The number of hydrogen-bond donors (Lipinski definition) is 2. The van der Waals surface area contributed by atoms with Crippen molar-refractivity contribution in [3.05, 3.63) is 12.2 Å².